The maximum atomic E-state index is 12.1. The summed E-state index contributed by atoms with van der Waals surface area (Å²) in [5.74, 6) is -0.0398. The molecule has 1 aliphatic rings. The third-order valence-corrected chi connectivity index (χ3v) is 3.25. The van der Waals surface area contributed by atoms with Gasteiger partial charge in [-0.25, -0.2) is 4.98 Å². The number of fused-ring (bicyclic) bond motifs is 1. The molecule has 1 amide bonds. The molecule has 2 aromatic rings. The molecule has 1 aromatic carbocycles. The van der Waals surface area contributed by atoms with Crippen molar-refractivity contribution in [3.8, 4) is 0 Å². The van der Waals surface area contributed by atoms with Gasteiger partial charge < -0.3 is 20.1 Å². The van der Waals surface area contributed by atoms with Gasteiger partial charge in [-0.3, -0.25) is 4.79 Å². The van der Waals surface area contributed by atoms with Crippen LogP contribution in [-0.4, -0.2) is 46.3 Å². The molecule has 1 fully saturated rings. The van der Waals surface area contributed by atoms with E-state index < -0.39 is 6.10 Å². The second-order valence-corrected chi connectivity index (χ2v) is 4.61. The Morgan fingerprint density at radius 2 is 2.32 bits per heavy atom. The number of aliphatic hydroxyl groups is 1. The fourth-order valence-electron chi connectivity index (χ4n) is 2.19. The van der Waals surface area contributed by atoms with E-state index in [-0.39, 0.29) is 24.4 Å². The largest absolute Gasteiger partial charge is 0.389 e. The fraction of sp³-hybridized carbons (Fsp3) is 0.385. The molecular weight excluding hydrogens is 246 g/mol. The van der Waals surface area contributed by atoms with Crippen LogP contribution in [0, 0.1) is 0 Å². The monoisotopic (exact) mass is 261 g/mol. The Balaban J connectivity index is 1.76. The zero-order valence-electron chi connectivity index (χ0n) is 10.3. The van der Waals surface area contributed by atoms with E-state index in [1.54, 1.807) is 0 Å². The summed E-state index contributed by atoms with van der Waals surface area (Å²) in [5.41, 5.74) is 1.57. The highest BCUT2D eigenvalue weighted by molar-refractivity contribution is 5.94. The van der Waals surface area contributed by atoms with Crippen LogP contribution in [0.5, 0.6) is 0 Å². The van der Waals surface area contributed by atoms with Crippen molar-refractivity contribution in [3.05, 3.63) is 30.1 Å². The van der Waals surface area contributed by atoms with Crippen LogP contribution in [0.4, 0.5) is 0 Å². The van der Waals surface area contributed by atoms with Crippen molar-refractivity contribution in [2.75, 3.05) is 13.2 Å². The summed E-state index contributed by atoms with van der Waals surface area (Å²) in [7, 11) is 0. The summed E-state index contributed by atoms with van der Waals surface area (Å²) >= 11 is 0. The van der Waals surface area contributed by atoms with Crippen molar-refractivity contribution in [1.29, 1.82) is 0 Å². The topological polar surface area (TPSA) is 87.2 Å². The summed E-state index contributed by atoms with van der Waals surface area (Å²) in [6.07, 6.45) is -0.0604. The van der Waals surface area contributed by atoms with Gasteiger partial charge in [0.25, 0.3) is 5.91 Å². The molecule has 0 aliphatic carbocycles. The smallest absolute Gasteiger partial charge is 0.287 e. The van der Waals surface area contributed by atoms with Crippen molar-refractivity contribution < 1.29 is 14.6 Å². The number of imidazole rings is 1. The molecule has 3 N–H and O–H groups in total. The van der Waals surface area contributed by atoms with Crippen molar-refractivity contribution in [3.63, 3.8) is 0 Å². The van der Waals surface area contributed by atoms with Gasteiger partial charge in [-0.05, 0) is 18.6 Å². The van der Waals surface area contributed by atoms with Gasteiger partial charge in [-0.1, -0.05) is 12.1 Å². The number of carbonyl (C=O) groups is 1. The number of rotatable bonds is 2. The lowest BCUT2D eigenvalue weighted by Gasteiger charge is -2.28. The van der Waals surface area contributed by atoms with Crippen LogP contribution in [0.25, 0.3) is 11.0 Å². The molecule has 2 atom stereocenters. The third-order valence-electron chi connectivity index (χ3n) is 3.25. The molecule has 100 valence electrons. The molecule has 0 saturated carbocycles. The SMILES string of the molecule is O=C(N[C@@H]1CCOC[C@H]1O)c1nc2ccccc2[nH]1. The molecule has 19 heavy (non-hydrogen) atoms. The molecule has 6 nitrogen and oxygen atoms in total. The highest BCUT2D eigenvalue weighted by atomic mass is 16.5. The summed E-state index contributed by atoms with van der Waals surface area (Å²) < 4.78 is 5.12. The van der Waals surface area contributed by atoms with E-state index in [0.29, 0.717) is 13.0 Å². The number of aromatic amines is 1. The van der Waals surface area contributed by atoms with Crippen LogP contribution in [0.15, 0.2) is 24.3 Å². The first kappa shape index (κ1) is 12.1. The molecule has 0 bridgehead atoms. The van der Waals surface area contributed by atoms with Gasteiger partial charge in [0.15, 0.2) is 5.82 Å². The quantitative estimate of drug-likeness (QED) is 0.732. The second-order valence-electron chi connectivity index (χ2n) is 4.61. The number of nitrogens with one attached hydrogen (secondary N) is 2. The van der Waals surface area contributed by atoms with E-state index in [9.17, 15) is 9.90 Å². The predicted octanol–water partition coefficient (Wildman–Crippen LogP) is 0.442. The standard InChI is InChI=1S/C13H15N3O3/c17-11-7-19-6-5-10(11)16-13(18)12-14-8-3-1-2-4-9(8)15-12/h1-4,10-11,17H,5-7H2,(H,14,15)(H,16,18)/t10-,11-/m1/s1. The Labute approximate surface area is 109 Å². The van der Waals surface area contributed by atoms with Gasteiger partial charge in [-0.15, -0.1) is 0 Å². The van der Waals surface area contributed by atoms with Crippen LogP contribution in [0.3, 0.4) is 0 Å². The Hall–Kier alpha value is -1.92. The zero-order valence-corrected chi connectivity index (χ0v) is 10.3. The number of amides is 1. The number of H-pyrrole nitrogens is 1. The highest BCUT2D eigenvalue weighted by Crippen LogP contribution is 2.12. The van der Waals surface area contributed by atoms with Crippen LogP contribution in [0.1, 0.15) is 17.0 Å². The maximum absolute atomic E-state index is 12.1. The zero-order chi connectivity index (χ0) is 13.2. The maximum Gasteiger partial charge on any atom is 0.287 e. The second kappa shape index (κ2) is 4.99. The summed E-state index contributed by atoms with van der Waals surface area (Å²) in [5, 5.41) is 12.5. The number of nitrogens with zero attached hydrogens (tertiary/aromatic N) is 1. The van der Waals surface area contributed by atoms with E-state index in [4.69, 9.17) is 4.74 Å². The van der Waals surface area contributed by atoms with Crippen molar-refractivity contribution in [2.45, 2.75) is 18.6 Å². The Morgan fingerprint density at radius 1 is 1.47 bits per heavy atom. The predicted molar refractivity (Wildman–Crippen MR) is 68.8 cm³/mol. The lowest BCUT2D eigenvalue weighted by atomic mass is 10.1. The Morgan fingerprint density at radius 3 is 3.11 bits per heavy atom. The fourth-order valence-corrected chi connectivity index (χ4v) is 2.19. The average molecular weight is 261 g/mol. The number of aromatic nitrogens is 2. The number of hydrogen-bond donors (Lipinski definition) is 3. The number of carbonyl (C=O) groups excluding carboxylic acids is 1. The lowest BCUT2D eigenvalue weighted by molar-refractivity contribution is -0.0261. The number of ether oxygens (including phenoxy) is 1. The average Bonchev–Trinajstić information content (AvgIpc) is 2.85. The van der Waals surface area contributed by atoms with E-state index in [1.807, 2.05) is 24.3 Å². The first-order valence-electron chi connectivity index (χ1n) is 6.25. The third kappa shape index (κ3) is 2.45. The number of benzene rings is 1. The van der Waals surface area contributed by atoms with Crippen molar-refractivity contribution in [1.82, 2.24) is 15.3 Å². The van der Waals surface area contributed by atoms with Crippen LogP contribution in [0.2, 0.25) is 0 Å². The van der Waals surface area contributed by atoms with Gasteiger partial charge >= 0.3 is 0 Å². The minimum atomic E-state index is -0.665. The molecule has 1 aliphatic heterocycles. The molecule has 2 heterocycles. The Kier molecular flexibility index (Phi) is 3.18. The summed E-state index contributed by atoms with van der Waals surface area (Å²) in [6.45, 7) is 0.799. The van der Waals surface area contributed by atoms with E-state index in [1.165, 1.54) is 0 Å². The molecule has 1 saturated heterocycles. The summed E-state index contributed by atoms with van der Waals surface area (Å²) in [6, 6.07) is 7.17. The molecule has 0 radical (unpaired) electrons. The molecule has 0 unspecified atom stereocenters. The van der Waals surface area contributed by atoms with Crippen molar-refractivity contribution >= 4 is 16.9 Å². The minimum absolute atomic E-state index is 0.255. The molecular formula is C13H15N3O3. The van der Waals surface area contributed by atoms with Crippen molar-refractivity contribution in [2.24, 2.45) is 0 Å². The minimum Gasteiger partial charge on any atom is -0.389 e. The first-order valence-corrected chi connectivity index (χ1v) is 6.25. The van der Waals surface area contributed by atoms with Crippen LogP contribution < -0.4 is 5.32 Å². The van der Waals surface area contributed by atoms with E-state index in [0.717, 1.165) is 11.0 Å². The lowest BCUT2D eigenvalue weighted by Crippen LogP contribution is -2.48. The normalized spacial score (nSPS) is 23.4. The molecule has 1 aromatic heterocycles. The van der Waals surface area contributed by atoms with Gasteiger partial charge in [0.05, 0.1) is 29.8 Å². The van der Waals surface area contributed by atoms with Gasteiger partial charge in [0.1, 0.15) is 0 Å². The van der Waals surface area contributed by atoms with E-state index >= 15 is 0 Å². The highest BCUT2D eigenvalue weighted by Gasteiger charge is 2.26. The van der Waals surface area contributed by atoms with Crippen LogP contribution in [-0.2, 0) is 4.74 Å². The van der Waals surface area contributed by atoms with E-state index in [2.05, 4.69) is 15.3 Å². The summed E-state index contributed by atoms with van der Waals surface area (Å²) in [4.78, 5) is 19.3. The molecule has 0 spiro atoms. The number of hydrogen-bond acceptors (Lipinski definition) is 4. The van der Waals surface area contributed by atoms with Crippen LogP contribution >= 0.6 is 0 Å². The van der Waals surface area contributed by atoms with Gasteiger partial charge in [0.2, 0.25) is 0 Å². The van der Waals surface area contributed by atoms with Gasteiger partial charge in [-0.2, -0.15) is 0 Å². The number of aliphatic hydroxyl groups excluding tert-OH is 1. The first-order chi connectivity index (χ1) is 9.24. The molecule has 3 rings (SSSR count). The van der Waals surface area contributed by atoms with Gasteiger partial charge in [0, 0.05) is 6.61 Å². The number of para-hydroxylation sites is 2. The molecule has 6 heteroatoms. The Bertz CT molecular complexity index is 563.